The number of hydrogen-bond donors (Lipinski definition) is 1. The van der Waals surface area contributed by atoms with E-state index in [2.05, 4.69) is 10.3 Å². The summed E-state index contributed by atoms with van der Waals surface area (Å²) in [6.07, 6.45) is -4.52. The van der Waals surface area contributed by atoms with Crippen LogP contribution in [0.1, 0.15) is 16.1 Å². The number of nitriles is 1. The Morgan fingerprint density at radius 1 is 1.32 bits per heavy atom. The van der Waals surface area contributed by atoms with Crippen LogP contribution in [-0.4, -0.2) is 4.98 Å². The van der Waals surface area contributed by atoms with Crippen molar-refractivity contribution >= 4 is 17.2 Å². The first-order chi connectivity index (χ1) is 9.00. The van der Waals surface area contributed by atoms with Crippen LogP contribution in [-0.2, 0) is 12.7 Å². The maximum Gasteiger partial charge on any atom is 0.433 e. The predicted octanol–water partition coefficient (Wildman–Crippen LogP) is 3.65. The SMILES string of the molecule is N#Cc1ccc(C(F)(F)F)nc1NCc1cccs1. The number of hydrogen-bond acceptors (Lipinski definition) is 4. The van der Waals surface area contributed by atoms with Gasteiger partial charge in [0.15, 0.2) is 0 Å². The van der Waals surface area contributed by atoms with Gasteiger partial charge in [-0.1, -0.05) is 6.07 Å². The number of rotatable bonds is 3. The van der Waals surface area contributed by atoms with Crippen molar-refractivity contribution in [3.05, 3.63) is 45.8 Å². The molecule has 3 nitrogen and oxygen atoms in total. The third kappa shape index (κ3) is 3.23. The van der Waals surface area contributed by atoms with E-state index in [1.54, 1.807) is 0 Å². The highest BCUT2D eigenvalue weighted by atomic mass is 32.1. The average Bonchev–Trinajstić information content (AvgIpc) is 2.88. The van der Waals surface area contributed by atoms with E-state index in [1.165, 1.54) is 11.3 Å². The lowest BCUT2D eigenvalue weighted by Gasteiger charge is -2.10. The van der Waals surface area contributed by atoms with E-state index in [9.17, 15) is 13.2 Å². The molecule has 2 heterocycles. The Kier molecular flexibility index (Phi) is 3.71. The second kappa shape index (κ2) is 5.28. The molecule has 0 aromatic carbocycles. The molecule has 0 fully saturated rings. The van der Waals surface area contributed by atoms with Crippen LogP contribution >= 0.6 is 11.3 Å². The Morgan fingerprint density at radius 2 is 2.11 bits per heavy atom. The molecule has 0 bridgehead atoms. The lowest BCUT2D eigenvalue weighted by Crippen LogP contribution is -2.11. The highest BCUT2D eigenvalue weighted by molar-refractivity contribution is 7.09. The molecule has 0 atom stereocenters. The van der Waals surface area contributed by atoms with Crippen molar-refractivity contribution in [1.29, 1.82) is 5.26 Å². The molecule has 0 aliphatic heterocycles. The molecule has 0 spiro atoms. The summed E-state index contributed by atoms with van der Waals surface area (Å²) in [5.41, 5.74) is -0.926. The van der Waals surface area contributed by atoms with Crippen LogP contribution in [0, 0.1) is 11.3 Å². The van der Waals surface area contributed by atoms with Crippen LogP contribution in [0.3, 0.4) is 0 Å². The fraction of sp³-hybridized carbons (Fsp3) is 0.167. The third-order valence-corrected chi connectivity index (χ3v) is 3.19. The normalized spacial score (nSPS) is 11.1. The predicted molar refractivity (Wildman–Crippen MR) is 65.6 cm³/mol. The van der Waals surface area contributed by atoms with Crippen molar-refractivity contribution in [2.24, 2.45) is 0 Å². The molecular weight excluding hydrogens is 275 g/mol. The maximum atomic E-state index is 12.5. The molecular formula is C12H8F3N3S. The van der Waals surface area contributed by atoms with E-state index >= 15 is 0 Å². The zero-order valence-electron chi connectivity index (χ0n) is 9.53. The smallest absolute Gasteiger partial charge is 0.364 e. The van der Waals surface area contributed by atoms with Crippen molar-refractivity contribution in [1.82, 2.24) is 4.98 Å². The van der Waals surface area contributed by atoms with Gasteiger partial charge >= 0.3 is 6.18 Å². The molecule has 0 aliphatic rings. The standard InChI is InChI=1S/C12H8F3N3S/c13-12(14,15)10-4-3-8(6-16)11(18-10)17-7-9-2-1-5-19-9/h1-5H,7H2,(H,17,18). The highest BCUT2D eigenvalue weighted by Crippen LogP contribution is 2.29. The lowest BCUT2D eigenvalue weighted by atomic mass is 10.2. The molecule has 2 aromatic heterocycles. The van der Waals surface area contributed by atoms with Gasteiger partial charge in [0.25, 0.3) is 0 Å². The summed E-state index contributed by atoms with van der Waals surface area (Å²) < 4.78 is 37.6. The van der Waals surface area contributed by atoms with E-state index in [4.69, 9.17) is 5.26 Å². The number of thiophene rings is 1. The average molecular weight is 283 g/mol. The molecule has 2 rings (SSSR count). The minimum Gasteiger partial charge on any atom is -0.364 e. The summed E-state index contributed by atoms with van der Waals surface area (Å²) in [6.45, 7) is 0.334. The molecule has 0 radical (unpaired) electrons. The zero-order chi connectivity index (χ0) is 13.9. The molecule has 0 unspecified atom stereocenters. The van der Waals surface area contributed by atoms with Gasteiger partial charge in [-0.15, -0.1) is 11.3 Å². The summed E-state index contributed by atoms with van der Waals surface area (Å²) in [4.78, 5) is 4.41. The number of pyridine rings is 1. The summed E-state index contributed by atoms with van der Waals surface area (Å²) in [7, 11) is 0. The van der Waals surface area contributed by atoms with Gasteiger partial charge in [0, 0.05) is 4.88 Å². The van der Waals surface area contributed by atoms with Gasteiger partial charge in [-0.3, -0.25) is 0 Å². The van der Waals surface area contributed by atoms with Gasteiger partial charge in [-0.2, -0.15) is 18.4 Å². The quantitative estimate of drug-likeness (QED) is 0.935. The number of nitrogens with one attached hydrogen (secondary N) is 1. The Bertz CT molecular complexity index is 600. The van der Waals surface area contributed by atoms with Gasteiger partial charge in [-0.25, -0.2) is 4.98 Å². The summed E-state index contributed by atoms with van der Waals surface area (Å²) in [5.74, 6) is -0.0503. The Balaban J connectivity index is 2.24. The van der Waals surface area contributed by atoms with Crippen LogP contribution in [0.25, 0.3) is 0 Å². The monoisotopic (exact) mass is 283 g/mol. The summed E-state index contributed by atoms with van der Waals surface area (Å²) in [5, 5.41) is 13.5. The van der Waals surface area contributed by atoms with Gasteiger partial charge < -0.3 is 5.32 Å². The molecule has 0 aliphatic carbocycles. The summed E-state index contributed by atoms with van der Waals surface area (Å²) >= 11 is 1.47. The van der Waals surface area contributed by atoms with Gasteiger partial charge in [0.05, 0.1) is 12.1 Å². The van der Waals surface area contributed by atoms with Crippen molar-refractivity contribution in [2.75, 3.05) is 5.32 Å². The topological polar surface area (TPSA) is 48.7 Å². The minimum absolute atomic E-state index is 0.0503. The van der Waals surface area contributed by atoms with Crippen LogP contribution < -0.4 is 5.32 Å². The van der Waals surface area contributed by atoms with Gasteiger partial charge in [0.2, 0.25) is 0 Å². The highest BCUT2D eigenvalue weighted by Gasteiger charge is 2.33. The molecule has 7 heteroatoms. The second-order valence-corrected chi connectivity index (χ2v) is 4.67. The number of anilines is 1. The summed E-state index contributed by atoms with van der Waals surface area (Å²) in [6, 6.07) is 7.42. The second-order valence-electron chi connectivity index (χ2n) is 3.64. The Morgan fingerprint density at radius 3 is 2.68 bits per heavy atom. The number of aromatic nitrogens is 1. The van der Waals surface area contributed by atoms with Crippen molar-refractivity contribution in [2.45, 2.75) is 12.7 Å². The van der Waals surface area contributed by atoms with E-state index < -0.39 is 11.9 Å². The first-order valence-electron chi connectivity index (χ1n) is 5.25. The molecule has 19 heavy (non-hydrogen) atoms. The van der Waals surface area contributed by atoms with E-state index in [0.29, 0.717) is 6.54 Å². The van der Waals surface area contributed by atoms with Crippen LogP contribution in [0.4, 0.5) is 19.0 Å². The third-order valence-electron chi connectivity index (χ3n) is 2.32. The van der Waals surface area contributed by atoms with Crippen LogP contribution in [0.15, 0.2) is 29.6 Å². The van der Waals surface area contributed by atoms with Crippen LogP contribution in [0.2, 0.25) is 0 Å². The van der Waals surface area contributed by atoms with Crippen molar-refractivity contribution < 1.29 is 13.2 Å². The zero-order valence-corrected chi connectivity index (χ0v) is 10.3. The molecule has 1 N–H and O–H groups in total. The molecule has 98 valence electrons. The first-order valence-corrected chi connectivity index (χ1v) is 6.13. The molecule has 0 saturated carbocycles. The van der Waals surface area contributed by atoms with Crippen LogP contribution in [0.5, 0.6) is 0 Å². The molecule has 0 saturated heterocycles. The molecule has 0 amide bonds. The lowest BCUT2D eigenvalue weighted by molar-refractivity contribution is -0.141. The number of nitrogens with zero attached hydrogens (tertiary/aromatic N) is 2. The van der Waals surface area contributed by atoms with Crippen molar-refractivity contribution in [3.63, 3.8) is 0 Å². The largest absolute Gasteiger partial charge is 0.433 e. The maximum absolute atomic E-state index is 12.5. The fourth-order valence-electron chi connectivity index (χ4n) is 1.43. The Labute approximate surface area is 111 Å². The molecule has 2 aromatic rings. The Hall–Kier alpha value is -2.07. The number of halogens is 3. The van der Waals surface area contributed by atoms with Gasteiger partial charge in [-0.05, 0) is 23.6 Å². The van der Waals surface area contributed by atoms with E-state index in [0.717, 1.165) is 17.0 Å². The number of alkyl halides is 3. The first kappa shape index (κ1) is 13.4. The van der Waals surface area contributed by atoms with Gasteiger partial charge in [0.1, 0.15) is 17.6 Å². The van der Waals surface area contributed by atoms with E-state index in [-0.39, 0.29) is 11.4 Å². The van der Waals surface area contributed by atoms with E-state index in [1.807, 2.05) is 23.6 Å². The minimum atomic E-state index is -4.52. The fourth-order valence-corrected chi connectivity index (χ4v) is 2.07. The van der Waals surface area contributed by atoms with Crippen molar-refractivity contribution in [3.8, 4) is 6.07 Å².